The number of rotatable bonds is 3. The minimum absolute atomic E-state index is 0.201. The van der Waals surface area contributed by atoms with Gasteiger partial charge in [-0.15, -0.1) is 11.3 Å². The first kappa shape index (κ1) is 12.1. The summed E-state index contributed by atoms with van der Waals surface area (Å²) in [6, 6.07) is 8.32. The fraction of sp³-hybridized carbons (Fsp3) is 0.500. The van der Waals surface area contributed by atoms with E-state index in [9.17, 15) is 0 Å². The Bertz CT molecular complexity index is 498. The molecule has 3 nitrogen and oxygen atoms in total. The van der Waals surface area contributed by atoms with Gasteiger partial charge in [-0.05, 0) is 36.9 Å². The van der Waals surface area contributed by atoms with Crippen LogP contribution in [0.5, 0.6) is 0 Å². The highest BCUT2D eigenvalue weighted by Gasteiger charge is 2.32. The van der Waals surface area contributed by atoms with Crippen molar-refractivity contribution in [1.29, 1.82) is 0 Å². The van der Waals surface area contributed by atoms with Crippen LogP contribution < -0.4 is 5.73 Å². The Labute approximate surface area is 111 Å². The molecule has 18 heavy (non-hydrogen) atoms. The van der Waals surface area contributed by atoms with Gasteiger partial charge in [-0.1, -0.05) is 12.1 Å². The van der Waals surface area contributed by atoms with E-state index in [1.165, 1.54) is 9.71 Å². The van der Waals surface area contributed by atoms with Crippen LogP contribution in [0, 0.1) is 5.41 Å². The molecule has 1 aromatic carbocycles. The lowest BCUT2D eigenvalue weighted by atomic mass is 9.77. The smallest absolute Gasteiger partial charge is 0.0944 e. The fourth-order valence-electron chi connectivity index (χ4n) is 2.57. The van der Waals surface area contributed by atoms with Crippen molar-refractivity contribution >= 4 is 21.6 Å². The third kappa shape index (κ3) is 2.28. The topological polar surface area (TPSA) is 48.1 Å². The molecule has 0 aliphatic carbocycles. The van der Waals surface area contributed by atoms with Crippen molar-refractivity contribution in [2.75, 3.05) is 19.8 Å². The quantitative estimate of drug-likeness (QED) is 0.925. The molecule has 0 unspecified atom stereocenters. The van der Waals surface area contributed by atoms with Crippen LogP contribution >= 0.6 is 11.3 Å². The summed E-state index contributed by atoms with van der Waals surface area (Å²) in [5.74, 6) is 0. The first-order chi connectivity index (χ1) is 8.81. The highest BCUT2D eigenvalue weighted by molar-refractivity contribution is 7.18. The third-order valence-corrected chi connectivity index (χ3v) is 4.89. The number of para-hydroxylation sites is 1. The van der Waals surface area contributed by atoms with Crippen LogP contribution in [-0.4, -0.2) is 24.7 Å². The molecular formula is C14H18N2OS. The maximum absolute atomic E-state index is 6.00. The van der Waals surface area contributed by atoms with Crippen molar-refractivity contribution in [2.45, 2.75) is 19.3 Å². The summed E-state index contributed by atoms with van der Waals surface area (Å²) in [5.41, 5.74) is 7.31. The number of nitrogens with zero attached hydrogens (tertiary/aromatic N) is 1. The van der Waals surface area contributed by atoms with E-state index in [4.69, 9.17) is 15.5 Å². The normalized spacial score (nSPS) is 19.2. The van der Waals surface area contributed by atoms with Gasteiger partial charge in [-0.25, -0.2) is 4.98 Å². The molecule has 2 heterocycles. The summed E-state index contributed by atoms with van der Waals surface area (Å²) >= 11 is 1.80. The molecule has 0 atom stereocenters. The maximum Gasteiger partial charge on any atom is 0.0944 e. The second-order valence-electron chi connectivity index (χ2n) is 5.07. The van der Waals surface area contributed by atoms with Gasteiger partial charge < -0.3 is 10.5 Å². The molecule has 1 fully saturated rings. The summed E-state index contributed by atoms with van der Waals surface area (Å²) in [7, 11) is 0. The molecule has 96 valence electrons. The average molecular weight is 262 g/mol. The van der Waals surface area contributed by atoms with E-state index in [0.29, 0.717) is 0 Å². The van der Waals surface area contributed by atoms with Gasteiger partial charge in [0.15, 0.2) is 0 Å². The Hall–Kier alpha value is -0.970. The Morgan fingerprint density at radius 3 is 2.78 bits per heavy atom. The number of nitrogens with two attached hydrogens (primary N) is 1. The molecule has 2 aromatic rings. The van der Waals surface area contributed by atoms with Crippen LogP contribution in [0.15, 0.2) is 24.3 Å². The monoisotopic (exact) mass is 262 g/mol. The molecule has 1 aliphatic heterocycles. The van der Waals surface area contributed by atoms with Crippen molar-refractivity contribution in [3.8, 4) is 0 Å². The zero-order valence-electron chi connectivity index (χ0n) is 10.4. The maximum atomic E-state index is 6.00. The Kier molecular flexibility index (Phi) is 3.33. The van der Waals surface area contributed by atoms with Crippen LogP contribution in [0.4, 0.5) is 0 Å². The molecule has 1 aromatic heterocycles. The number of fused-ring (bicyclic) bond motifs is 1. The minimum atomic E-state index is 0.201. The summed E-state index contributed by atoms with van der Waals surface area (Å²) in [5, 5.41) is 1.21. The van der Waals surface area contributed by atoms with Gasteiger partial charge in [-0.3, -0.25) is 0 Å². The Balaban J connectivity index is 1.85. The van der Waals surface area contributed by atoms with Gasteiger partial charge in [0.05, 0.1) is 15.2 Å². The molecule has 0 amide bonds. The largest absolute Gasteiger partial charge is 0.381 e. The highest BCUT2D eigenvalue weighted by atomic mass is 32.1. The minimum Gasteiger partial charge on any atom is -0.381 e. The molecular weight excluding hydrogens is 244 g/mol. The van der Waals surface area contributed by atoms with Crippen LogP contribution in [0.2, 0.25) is 0 Å². The molecule has 0 saturated carbocycles. The predicted octanol–water partition coefficient (Wildman–Crippen LogP) is 2.59. The third-order valence-electron chi connectivity index (χ3n) is 3.85. The lowest BCUT2D eigenvalue weighted by Crippen LogP contribution is -2.38. The molecule has 1 aliphatic rings. The average Bonchev–Trinajstić information content (AvgIpc) is 2.81. The van der Waals surface area contributed by atoms with Crippen molar-refractivity contribution < 1.29 is 4.74 Å². The van der Waals surface area contributed by atoms with Gasteiger partial charge in [0.2, 0.25) is 0 Å². The van der Waals surface area contributed by atoms with Crippen LogP contribution in [0.25, 0.3) is 10.2 Å². The standard InChI is InChI=1S/C14H18N2OS/c15-10-14(5-7-17-8-6-14)9-13-16-11-3-1-2-4-12(11)18-13/h1-4H,5-10,15H2. The van der Waals surface area contributed by atoms with Crippen molar-refractivity contribution in [1.82, 2.24) is 4.98 Å². The Morgan fingerprint density at radius 2 is 2.06 bits per heavy atom. The van der Waals surface area contributed by atoms with E-state index in [0.717, 1.165) is 44.5 Å². The first-order valence-corrected chi connectivity index (χ1v) is 7.25. The van der Waals surface area contributed by atoms with E-state index in [1.807, 2.05) is 6.07 Å². The van der Waals surface area contributed by atoms with Gasteiger partial charge in [0.1, 0.15) is 0 Å². The first-order valence-electron chi connectivity index (χ1n) is 6.44. The van der Waals surface area contributed by atoms with E-state index < -0.39 is 0 Å². The Morgan fingerprint density at radius 1 is 1.28 bits per heavy atom. The van der Waals surface area contributed by atoms with E-state index in [1.54, 1.807) is 11.3 Å². The second kappa shape index (κ2) is 4.96. The fourth-order valence-corrected chi connectivity index (χ4v) is 3.71. The number of hydrogen-bond donors (Lipinski definition) is 1. The summed E-state index contributed by atoms with van der Waals surface area (Å²) in [6.07, 6.45) is 3.10. The summed E-state index contributed by atoms with van der Waals surface area (Å²) in [6.45, 7) is 2.40. The van der Waals surface area contributed by atoms with Crippen LogP contribution in [0.1, 0.15) is 17.8 Å². The van der Waals surface area contributed by atoms with Crippen molar-refractivity contribution in [3.63, 3.8) is 0 Å². The molecule has 3 rings (SSSR count). The molecule has 0 bridgehead atoms. The van der Waals surface area contributed by atoms with Gasteiger partial charge >= 0.3 is 0 Å². The van der Waals surface area contributed by atoms with E-state index in [2.05, 4.69) is 18.2 Å². The zero-order chi connectivity index (χ0) is 12.4. The van der Waals surface area contributed by atoms with Crippen LogP contribution in [0.3, 0.4) is 0 Å². The summed E-state index contributed by atoms with van der Waals surface area (Å²) < 4.78 is 6.72. The lowest BCUT2D eigenvalue weighted by Gasteiger charge is -2.35. The predicted molar refractivity (Wildman–Crippen MR) is 74.9 cm³/mol. The highest BCUT2D eigenvalue weighted by Crippen LogP contribution is 2.35. The molecule has 0 spiro atoms. The number of ether oxygens (including phenoxy) is 1. The molecule has 2 N–H and O–H groups in total. The number of benzene rings is 1. The lowest BCUT2D eigenvalue weighted by molar-refractivity contribution is 0.0191. The molecule has 4 heteroatoms. The number of hydrogen-bond acceptors (Lipinski definition) is 4. The molecule has 1 saturated heterocycles. The second-order valence-corrected chi connectivity index (χ2v) is 6.18. The van der Waals surface area contributed by atoms with E-state index >= 15 is 0 Å². The van der Waals surface area contributed by atoms with E-state index in [-0.39, 0.29) is 5.41 Å². The van der Waals surface area contributed by atoms with Gasteiger partial charge in [-0.2, -0.15) is 0 Å². The van der Waals surface area contributed by atoms with Crippen molar-refractivity contribution in [2.24, 2.45) is 11.1 Å². The summed E-state index contributed by atoms with van der Waals surface area (Å²) in [4.78, 5) is 4.72. The SMILES string of the molecule is NCC1(Cc2nc3ccccc3s2)CCOCC1. The van der Waals surface area contributed by atoms with Crippen LogP contribution in [-0.2, 0) is 11.2 Å². The van der Waals surface area contributed by atoms with Gasteiger partial charge in [0, 0.05) is 19.6 Å². The number of aromatic nitrogens is 1. The van der Waals surface area contributed by atoms with Crippen molar-refractivity contribution in [3.05, 3.63) is 29.3 Å². The van der Waals surface area contributed by atoms with Gasteiger partial charge in [0.25, 0.3) is 0 Å². The zero-order valence-corrected chi connectivity index (χ0v) is 11.2. The molecule has 0 radical (unpaired) electrons. The number of thiazole rings is 1.